The second kappa shape index (κ2) is 6.42. The first kappa shape index (κ1) is 11.9. The molecule has 0 saturated carbocycles. The minimum atomic E-state index is -0.993. The van der Waals surface area contributed by atoms with Gasteiger partial charge in [0.25, 0.3) is 0 Å². The molecule has 1 unspecified atom stereocenters. The number of esters is 1. The van der Waals surface area contributed by atoms with Crippen LogP contribution in [0.2, 0.25) is 0 Å². The van der Waals surface area contributed by atoms with Crippen LogP contribution in [0.3, 0.4) is 0 Å². The van der Waals surface area contributed by atoms with Crippen molar-refractivity contribution in [2.75, 3.05) is 6.61 Å². The Morgan fingerprint density at radius 2 is 2.08 bits per heavy atom. The molecule has 0 saturated heterocycles. The molecule has 5 heteroatoms. The number of hydrogen-bond donors (Lipinski definition) is 2. The molecule has 1 atom stereocenters. The molecule has 0 heterocycles. The molecule has 0 amide bonds. The molecule has 0 aromatic heterocycles. The van der Waals surface area contributed by atoms with Crippen LogP contribution in [0, 0.1) is 0 Å². The summed E-state index contributed by atoms with van der Waals surface area (Å²) in [5, 5.41) is 8.42. The summed E-state index contributed by atoms with van der Waals surface area (Å²) in [7, 11) is 0. The van der Waals surface area contributed by atoms with Gasteiger partial charge in [-0.05, 0) is 19.3 Å². The van der Waals surface area contributed by atoms with Gasteiger partial charge in [0.15, 0.2) is 0 Å². The van der Waals surface area contributed by atoms with E-state index in [9.17, 15) is 9.59 Å². The fraction of sp³-hybridized carbons (Fsp3) is 0.750. The summed E-state index contributed by atoms with van der Waals surface area (Å²) >= 11 is 0. The molecule has 3 N–H and O–H groups in total. The third-order valence-corrected chi connectivity index (χ3v) is 1.53. The number of ether oxygens (including phenoxy) is 1. The number of aliphatic carboxylic acids is 1. The van der Waals surface area contributed by atoms with Crippen LogP contribution in [0.1, 0.15) is 26.2 Å². The maximum absolute atomic E-state index is 10.3. The number of nitrogens with two attached hydrogens (primary N) is 1. The lowest BCUT2D eigenvalue weighted by Crippen LogP contribution is -2.29. The minimum Gasteiger partial charge on any atom is -0.480 e. The van der Waals surface area contributed by atoms with Gasteiger partial charge in [-0.2, -0.15) is 0 Å². The van der Waals surface area contributed by atoms with Crippen LogP contribution in [0.15, 0.2) is 0 Å². The molecule has 76 valence electrons. The van der Waals surface area contributed by atoms with Gasteiger partial charge in [0.1, 0.15) is 6.04 Å². The van der Waals surface area contributed by atoms with E-state index in [1.807, 2.05) is 0 Å². The Labute approximate surface area is 76.9 Å². The van der Waals surface area contributed by atoms with E-state index in [0.29, 0.717) is 25.9 Å². The van der Waals surface area contributed by atoms with Crippen molar-refractivity contribution >= 4 is 11.9 Å². The molecule has 0 radical (unpaired) electrons. The van der Waals surface area contributed by atoms with Gasteiger partial charge in [-0.25, -0.2) is 0 Å². The summed E-state index contributed by atoms with van der Waals surface area (Å²) in [5.74, 6) is -1.31. The molecule has 0 aromatic carbocycles. The standard InChI is InChI=1S/C8H15NO4/c1-6(10)13-5-3-2-4-7(9)8(11)12/h7H,2-5,9H2,1H3,(H,11,12). The Hall–Kier alpha value is -1.10. The number of rotatable bonds is 6. The third kappa shape index (κ3) is 7.27. The smallest absolute Gasteiger partial charge is 0.320 e. The maximum Gasteiger partial charge on any atom is 0.320 e. The first-order valence-electron chi connectivity index (χ1n) is 4.15. The van der Waals surface area contributed by atoms with Gasteiger partial charge in [-0.15, -0.1) is 0 Å². The number of carbonyl (C=O) groups excluding carboxylic acids is 1. The number of carboxylic acid groups (broad SMARTS) is 1. The zero-order chi connectivity index (χ0) is 10.3. The van der Waals surface area contributed by atoms with Crippen molar-refractivity contribution in [2.45, 2.75) is 32.2 Å². The highest BCUT2D eigenvalue weighted by Crippen LogP contribution is 1.99. The molecule has 0 aliphatic heterocycles. The molecule has 0 spiro atoms. The van der Waals surface area contributed by atoms with Gasteiger partial charge in [0.05, 0.1) is 6.61 Å². The Balaban J connectivity index is 3.26. The number of carbonyl (C=O) groups is 2. The SMILES string of the molecule is CC(=O)OCCCCC(N)C(=O)O. The van der Waals surface area contributed by atoms with E-state index < -0.39 is 12.0 Å². The van der Waals surface area contributed by atoms with E-state index >= 15 is 0 Å². The summed E-state index contributed by atoms with van der Waals surface area (Å²) in [6.07, 6.45) is 1.72. The second-order valence-corrected chi connectivity index (χ2v) is 2.78. The molecule has 0 aliphatic carbocycles. The largest absolute Gasteiger partial charge is 0.480 e. The van der Waals surface area contributed by atoms with Crippen molar-refractivity contribution in [3.63, 3.8) is 0 Å². The van der Waals surface area contributed by atoms with Crippen molar-refractivity contribution in [3.05, 3.63) is 0 Å². The highest BCUT2D eigenvalue weighted by atomic mass is 16.5. The number of hydrogen-bond acceptors (Lipinski definition) is 4. The molecule has 0 fully saturated rings. The summed E-state index contributed by atoms with van der Waals surface area (Å²) in [4.78, 5) is 20.6. The van der Waals surface area contributed by atoms with Crippen molar-refractivity contribution < 1.29 is 19.4 Å². The molecule has 5 nitrogen and oxygen atoms in total. The van der Waals surface area contributed by atoms with Gasteiger partial charge in [-0.3, -0.25) is 9.59 Å². The van der Waals surface area contributed by atoms with Crippen LogP contribution in [0.5, 0.6) is 0 Å². The summed E-state index contributed by atoms with van der Waals surface area (Å²) in [6, 6.07) is -0.808. The molecule has 0 bridgehead atoms. The van der Waals surface area contributed by atoms with E-state index in [1.165, 1.54) is 6.92 Å². The average molecular weight is 189 g/mol. The Kier molecular flexibility index (Phi) is 5.88. The first-order chi connectivity index (χ1) is 6.04. The van der Waals surface area contributed by atoms with E-state index in [4.69, 9.17) is 10.8 Å². The van der Waals surface area contributed by atoms with Crippen molar-refractivity contribution in [2.24, 2.45) is 5.73 Å². The Morgan fingerprint density at radius 3 is 2.54 bits per heavy atom. The minimum absolute atomic E-state index is 0.317. The fourth-order valence-corrected chi connectivity index (χ4v) is 0.806. The normalized spacial score (nSPS) is 12.2. The van der Waals surface area contributed by atoms with Crippen molar-refractivity contribution in [1.82, 2.24) is 0 Å². The highest BCUT2D eigenvalue weighted by molar-refractivity contribution is 5.72. The van der Waals surface area contributed by atoms with E-state index in [1.54, 1.807) is 0 Å². The van der Waals surface area contributed by atoms with E-state index in [0.717, 1.165) is 0 Å². The average Bonchev–Trinajstić information content (AvgIpc) is 2.02. The molecule has 0 aromatic rings. The van der Waals surface area contributed by atoms with Crippen LogP contribution in [0.25, 0.3) is 0 Å². The highest BCUT2D eigenvalue weighted by Gasteiger charge is 2.09. The molecular formula is C8H15NO4. The predicted octanol–water partition coefficient (Wildman–Crippen LogP) is 0.132. The van der Waals surface area contributed by atoms with E-state index in [-0.39, 0.29) is 5.97 Å². The summed E-state index contributed by atoms with van der Waals surface area (Å²) in [6.45, 7) is 1.67. The van der Waals surface area contributed by atoms with Gasteiger partial charge in [-0.1, -0.05) is 0 Å². The lowest BCUT2D eigenvalue weighted by Gasteiger charge is -2.05. The molecule has 0 aliphatic rings. The van der Waals surface area contributed by atoms with Crippen LogP contribution in [0.4, 0.5) is 0 Å². The molecular weight excluding hydrogens is 174 g/mol. The maximum atomic E-state index is 10.3. The quantitative estimate of drug-likeness (QED) is 0.458. The zero-order valence-electron chi connectivity index (χ0n) is 7.66. The topological polar surface area (TPSA) is 89.6 Å². The van der Waals surface area contributed by atoms with E-state index in [2.05, 4.69) is 4.74 Å². The monoisotopic (exact) mass is 189 g/mol. The number of unbranched alkanes of at least 4 members (excludes halogenated alkanes) is 1. The van der Waals surface area contributed by atoms with Gasteiger partial charge in [0, 0.05) is 6.92 Å². The van der Waals surface area contributed by atoms with Gasteiger partial charge in [0.2, 0.25) is 0 Å². The van der Waals surface area contributed by atoms with Crippen molar-refractivity contribution in [3.8, 4) is 0 Å². The first-order valence-corrected chi connectivity index (χ1v) is 4.15. The predicted molar refractivity (Wildman–Crippen MR) is 46.1 cm³/mol. The third-order valence-electron chi connectivity index (χ3n) is 1.53. The summed E-state index contributed by atoms with van der Waals surface area (Å²) in [5.41, 5.74) is 5.25. The lowest BCUT2D eigenvalue weighted by molar-refractivity contribution is -0.141. The van der Waals surface area contributed by atoms with Gasteiger partial charge >= 0.3 is 11.9 Å². The molecule has 13 heavy (non-hydrogen) atoms. The Bertz CT molecular complexity index is 181. The van der Waals surface area contributed by atoms with Crippen molar-refractivity contribution in [1.29, 1.82) is 0 Å². The Morgan fingerprint density at radius 1 is 1.46 bits per heavy atom. The van der Waals surface area contributed by atoms with Crippen LogP contribution < -0.4 is 5.73 Å². The fourth-order valence-electron chi connectivity index (χ4n) is 0.806. The number of carboxylic acids is 1. The van der Waals surface area contributed by atoms with Gasteiger partial charge < -0.3 is 15.6 Å². The van der Waals surface area contributed by atoms with Crippen LogP contribution >= 0.6 is 0 Å². The van der Waals surface area contributed by atoms with Crippen LogP contribution in [-0.2, 0) is 14.3 Å². The second-order valence-electron chi connectivity index (χ2n) is 2.78. The lowest BCUT2D eigenvalue weighted by atomic mass is 10.1. The molecule has 0 rings (SSSR count). The summed E-state index contributed by atoms with van der Waals surface area (Å²) < 4.78 is 4.66. The van der Waals surface area contributed by atoms with Crippen LogP contribution in [-0.4, -0.2) is 29.7 Å². The zero-order valence-corrected chi connectivity index (χ0v) is 7.66.